The summed E-state index contributed by atoms with van der Waals surface area (Å²) in [6.07, 6.45) is 1.64. The molecule has 0 bridgehead atoms. The summed E-state index contributed by atoms with van der Waals surface area (Å²) in [6, 6.07) is 8.89. The SMILES string of the molecule is Cc1ccc(C)c(OCCCC(C)(C#N)NC(C)C)c1. The zero-order chi connectivity index (χ0) is 15.2. The summed E-state index contributed by atoms with van der Waals surface area (Å²) in [6.45, 7) is 10.8. The summed E-state index contributed by atoms with van der Waals surface area (Å²) < 4.78 is 5.83. The summed E-state index contributed by atoms with van der Waals surface area (Å²) in [5.74, 6) is 0.945. The molecule has 3 heteroatoms. The maximum Gasteiger partial charge on any atom is 0.122 e. The smallest absolute Gasteiger partial charge is 0.122 e. The Bertz CT molecular complexity index is 476. The number of benzene rings is 1. The van der Waals surface area contributed by atoms with Gasteiger partial charge in [0.1, 0.15) is 11.3 Å². The first-order valence-electron chi connectivity index (χ1n) is 7.25. The first-order chi connectivity index (χ1) is 9.36. The Labute approximate surface area is 123 Å². The Morgan fingerprint density at radius 2 is 2.05 bits per heavy atom. The Kier molecular flexibility index (Phi) is 6.04. The van der Waals surface area contributed by atoms with Crippen molar-refractivity contribution in [1.82, 2.24) is 5.32 Å². The van der Waals surface area contributed by atoms with Crippen LogP contribution in [0.5, 0.6) is 5.75 Å². The predicted molar refractivity (Wildman–Crippen MR) is 82.9 cm³/mol. The van der Waals surface area contributed by atoms with Gasteiger partial charge in [0, 0.05) is 6.04 Å². The van der Waals surface area contributed by atoms with Crippen LogP contribution in [0, 0.1) is 25.2 Å². The highest BCUT2D eigenvalue weighted by atomic mass is 16.5. The lowest BCUT2D eigenvalue weighted by Crippen LogP contribution is -2.45. The van der Waals surface area contributed by atoms with E-state index >= 15 is 0 Å². The van der Waals surface area contributed by atoms with E-state index in [1.807, 2.05) is 6.92 Å². The number of aryl methyl sites for hydroxylation is 2. The van der Waals surface area contributed by atoms with Gasteiger partial charge in [-0.1, -0.05) is 12.1 Å². The second-order valence-corrected chi connectivity index (χ2v) is 5.96. The Morgan fingerprint density at radius 3 is 2.65 bits per heavy atom. The molecule has 0 fully saturated rings. The Balaban J connectivity index is 2.45. The van der Waals surface area contributed by atoms with Crippen molar-refractivity contribution in [3.8, 4) is 11.8 Å². The van der Waals surface area contributed by atoms with Crippen molar-refractivity contribution in [2.75, 3.05) is 6.61 Å². The number of ether oxygens (including phenoxy) is 1. The molecule has 1 atom stereocenters. The monoisotopic (exact) mass is 274 g/mol. The summed E-state index contributed by atoms with van der Waals surface area (Å²) in [7, 11) is 0. The van der Waals surface area contributed by atoms with Crippen LogP contribution in [0.4, 0.5) is 0 Å². The van der Waals surface area contributed by atoms with Gasteiger partial charge in [0.05, 0.1) is 12.7 Å². The largest absolute Gasteiger partial charge is 0.493 e. The molecular formula is C17H26N2O. The predicted octanol–water partition coefficient (Wildman–Crippen LogP) is 3.74. The molecule has 0 saturated heterocycles. The van der Waals surface area contributed by atoms with E-state index in [4.69, 9.17) is 4.74 Å². The van der Waals surface area contributed by atoms with Crippen LogP contribution in [0.2, 0.25) is 0 Å². The van der Waals surface area contributed by atoms with Gasteiger partial charge in [-0.25, -0.2) is 0 Å². The number of rotatable bonds is 7. The molecule has 0 spiro atoms. The van der Waals surface area contributed by atoms with Crippen molar-refractivity contribution in [2.45, 2.75) is 59.0 Å². The second-order valence-electron chi connectivity index (χ2n) is 5.96. The van der Waals surface area contributed by atoms with Crippen molar-refractivity contribution in [3.63, 3.8) is 0 Å². The lowest BCUT2D eigenvalue weighted by atomic mass is 9.97. The van der Waals surface area contributed by atoms with Gasteiger partial charge in [0.2, 0.25) is 0 Å². The molecule has 0 aromatic heterocycles. The van der Waals surface area contributed by atoms with Crippen LogP contribution in [0.3, 0.4) is 0 Å². The number of nitrogens with one attached hydrogen (secondary N) is 1. The number of hydrogen-bond acceptors (Lipinski definition) is 3. The van der Waals surface area contributed by atoms with Crippen molar-refractivity contribution in [1.29, 1.82) is 5.26 Å². The van der Waals surface area contributed by atoms with Gasteiger partial charge in [-0.2, -0.15) is 5.26 Å². The zero-order valence-corrected chi connectivity index (χ0v) is 13.3. The van der Waals surface area contributed by atoms with Crippen LogP contribution >= 0.6 is 0 Å². The van der Waals surface area contributed by atoms with E-state index in [9.17, 15) is 5.26 Å². The maximum absolute atomic E-state index is 9.28. The fraction of sp³-hybridized carbons (Fsp3) is 0.588. The van der Waals surface area contributed by atoms with E-state index in [1.165, 1.54) is 5.56 Å². The fourth-order valence-electron chi connectivity index (χ4n) is 2.27. The summed E-state index contributed by atoms with van der Waals surface area (Å²) in [4.78, 5) is 0. The molecule has 1 aromatic carbocycles. The molecule has 1 N–H and O–H groups in total. The molecule has 1 aromatic rings. The third kappa shape index (κ3) is 5.22. The van der Waals surface area contributed by atoms with Crippen LogP contribution in [0.15, 0.2) is 18.2 Å². The minimum absolute atomic E-state index is 0.305. The molecule has 1 unspecified atom stereocenters. The van der Waals surface area contributed by atoms with Crippen molar-refractivity contribution in [2.24, 2.45) is 0 Å². The lowest BCUT2D eigenvalue weighted by molar-refractivity contribution is 0.278. The van der Waals surface area contributed by atoms with E-state index in [-0.39, 0.29) is 0 Å². The Morgan fingerprint density at radius 1 is 1.35 bits per heavy atom. The first kappa shape index (κ1) is 16.5. The third-order valence-electron chi connectivity index (χ3n) is 3.28. The quantitative estimate of drug-likeness (QED) is 0.770. The van der Waals surface area contributed by atoms with E-state index in [0.717, 1.165) is 24.2 Å². The second kappa shape index (κ2) is 7.31. The van der Waals surface area contributed by atoms with E-state index < -0.39 is 5.54 Å². The molecule has 0 aliphatic rings. The highest BCUT2D eigenvalue weighted by molar-refractivity contribution is 5.35. The standard InChI is InChI=1S/C17H26N2O/c1-13(2)19-17(5,12-18)9-6-10-20-16-11-14(3)7-8-15(16)4/h7-8,11,13,19H,6,9-10H2,1-5H3. The average molecular weight is 274 g/mol. The molecule has 20 heavy (non-hydrogen) atoms. The van der Waals surface area contributed by atoms with Crippen LogP contribution in [-0.2, 0) is 0 Å². The van der Waals surface area contributed by atoms with Crippen LogP contribution in [0.1, 0.15) is 44.7 Å². The van der Waals surface area contributed by atoms with Crippen molar-refractivity contribution < 1.29 is 4.74 Å². The molecule has 0 heterocycles. The van der Waals surface area contributed by atoms with Gasteiger partial charge in [0.25, 0.3) is 0 Å². The third-order valence-corrected chi connectivity index (χ3v) is 3.28. The molecule has 0 amide bonds. The number of nitrogens with zero attached hydrogens (tertiary/aromatic N) is 1. The zero-order valence-electron chi connectivity index (χ0n) is 13.3. The number of nitriles is 1. The van der Waals surface area contributed by atoms with E-state index in [2.05, 4.69) is 57.3 Å². The summed E-state index contributed by atoms with van der Waals surface area (Å²) >= 11 is 0. The van der Waals surface area contributed by atoms with Crippen LogP contribution in [-0.4, -0.2) is 18.2 Å². The van der Waals surface area contributed by atoms with Gasteiger partial charge < -0.3 is 4.74 Å². The van der Waals surface area contributed by atoms with Gasteiger partial charge in [-0.05, 0) is 64.7 Å². The fourth-order valence-corrected chi connectivity index (χ4v) is 2.27. The van der Waals surface area contributed by atoms with E-state index in [0.29, 0.717) is 12.6 Å². The average Bonchev–Trinajstić information content (AvgIpc) is 2.38. The normalized spacial score (nSPS) is 13.8. The molecule has 1 rings (SSSR count). The molecule has 0 aliphatic heterocycles. The van der Waals surface area contributed by atoms with Gasteiger partial charge >= 0.3 is 0 Å². The molecule has 0 aliphatic carbocycles. The van der Waals surface area contributed by atoms with Crippen molar-refractivity contribution >= 4 is 0 Å². The van der Waals surface area contributed by atoms with Gasteiger partial charge in [-0.3, -0.25) is 5.32 Å². The summed E-state index contributed by atoms with van der Waals surface area (Å²) in [5, 5.41) is 12.6. The maximum atomic E-state index is 9.28. The highest BCUT2D eigenvalue weighted by Gasteiger charge is 2.23. The number of hydrogen-bond donors (Lipinski definition) is 1. The molecular weight excluding hydrogens is 248 g/mol. The molecule has 0 saturated carbocycles. The lowest BCUT2D eigenvalue weighted by Gasteiger charge is -2.25. The topological polar surface area (TPSA) is 45.0 Å². The Hall–Kier alpha value is -1.53. The molecule has 3 nitrogen and oxygen atoms in total. The molecule has 0 radical (unpaired) electrons. The minimum atomic E-state index is -0.473. The minimum Gasteiger partial charge on any atom is -0.493 e. The summed E-state index contributed by atoms with van der Waals surface area (Å²) in [5.41, 5.74) is 1.88. The van der Waals surface area contributed by atoms with E-state index in [1.54, 1.807) is 0 Å². The van der Waals surface area contributed by atoms with Crippen LogP contribution in [0.25, 0.3) is 0 Å². The highest BCUT2D eigenvalue weighted by Crippen LogP contribution is 2.20. The van der Waals surface area contributed by atoms with Crippen molar-refractivity contribution in [3.05, 3.63) is 29.3 Å². The van der Waals surface area contributed by atoms with Crippen LogP contribution < -0.4 is 10.1 Å². The van der Waals surface area contributed by atoms with Gasteiger partial charge in [0.15, 0.2) is 0 Å². The van der Waals surface area contributed by atoms with Gasteiger partial charge in [-0.15, -0.1) is 0 Å². The first-order valence-corrected chi connectivity index (χ1v) is 7.25. The molecule has 110 valence electrons.